The molecule has 1 heterocycles. The van der Waals surface area contributed by atoms with Crippen molar-refractivity contribution < 1.29 is 4.74 Å². The van der Waals surface area contributed by atoms with Crippen LogP contribution in [-0.4, -0.2) is 4.98 Å². The summed E-state index contributed by atoms with van der Waals surface area (Å²) in [6.45, 7) is 3.82. The highest BCUT2D eigenvalue weighted by Crippen LogP contribution is 2.32. The number of aryl methyl sites for hydroxylation is 2. The number of nitrogen functional groups attached to an aromatic ring is 1. The number of halogens is 1. The maximum Gasteiger partial charge on any atom is 0.148 e. The number of nitrogens with two attached hydrogens (primary N) is 1. The first kappa shape index (κ1) is 11.7. The van der Waals surface area contributed by atoms with Crippen LogP contribution in [-0.2, 0) is 0 Å². The van der Waals surface area contributed by atoms with Crippen molar-refractivity contribution in [2.75, 3.05) is 5.73 Å². The molecule has 0 bridgehead atoms. The summed E-state index contributed by atoms with van der Waals surface area (Å²) in [7, 11) is 0. The molecule has 0 radical (unpaired) electrons. The molecule has 0 saturated carbocycles. The van der Waals surface area contributed by atoms with Gasteiger partial charge in [0.1, 0.15) is 11.5 Å². The molecule has 0 aliphatic rings. The van der Waals surface area contributed by atoms with E-state index in [9.17, 15) is 0 Å². The smallest absolute Gasteiger partial charge is 0.148 e. The number of benzene rings is 1. The molecular formula is C13H13ClN2O. The molecule has 4 heteroatoms. The van der Waals surface area contributed by atoms with Gasteiger partial charge in [-0.2, -0.15) is 0 Å². The number of nitrogens with zero attached hydrogens (tertiary/aromatic N) is 1. The van der Waals surface area contributed by atoms with Crippen molar-refractivity contribution in [1.29, 1.82) is 0 Å². The van der Waals surface area contributed by atoms with Crippen LogP contribution in [0.4, 0.5) is 5.69 Å². The molecule has 0 unspecified atom stereocenters. The number of ether oxygens (including phenoxy) is 1. The van der Waals surface area contributed by atoms with E-state index >= 15 is 0 Å². The predicted molar refractivity (Wildman–Crippen MR) is 69.6 cm³/mol. The molecule has 2 N–H and O–H groups in total. The summed E-state index contributed by atoms with van der Waals surface area (Å²) < 4.78 is 5.77. The van der Waals surface area contributed by atoms with Gasteiger partial charge in [0, 0.05) is 12.3 Å². The summed E-state index contributed by atoms with van der Waals surface area (Å²) in [5.74, 6) is 1.41. The Morgan fingerprint density at radius 2 is 2.00 bits per heavy atom. The second kappa shape index (κ2) is 4.63. The predicted octanol–water partition coefficient (Wildman–Crippen LogP) is 3.73. The highest BCUT2D eigenvalue weighted by atomic mass is 35.5. The fourth-order valence-corrected chi connectivity index (χ4v) is 1.65. The molecule has 0 fully saturated rings. The van der Waals surface area contributed by atoms with Gasteiger partial charge in [0.05, 0.1) is 16.4 Å². The van der Waals surface area contributed by atoms with Crippen LogP contribution in [0.25, 0.3) is 0 Å². The van der Waals surface area contributed by atoms with Crippen LogP contribution >= 0.6 is 11.6 Å². The Labute approximate surface area is 105 Å². The molecule has 1 aromatic carbocycles. The maximum absolute atomic E-state index is 5.97. The Balaban J connectivity index is 2.37. The fourth-order valence-electron chi connectivity index (χ4n) is 1.49. The van der Waals surface area contributed by atoms with Gasteiger partial charge >= 0.3 is 0 Å². The fraction of sp³-hybridized carbons (Fsp3) is 0.154. The minimum Gasteiger partial charge on any atom is -0.455 e. The first-order valence-corrected chi connectivity index (χ1v) is 5.61. The van der Waals surface area contributed by atoms with Crippen molar-refractivity contribution in [3.63, 3.8) is 0 Å². The molecule has 3 nitrogen and oxygen atoms in total. The van der Waals surface area contributed by atoms with Crippen molar-refractivity contribution in [2.24, 2.45) is 0 Å². The van der Waals surface area contributed by atoms with Gasteiger partial charge in [-0.15, -0.1) is 0 Å². The van der Waals surface area contributed by atoms with Gasteiger partial charge in [-0.25, -0.2) is 0 Å². The van der Waals surface area contributed by atoms with Gasteiger partial charge < -0.3 is 10.5 Å². The number of anilines is 1. The van der Waals surface area contributed by atoms with Crippen molar-refractivity contribution in [2.45, 2.75) is 13.8 Å². The SMILES string of the molecule is Cc1cc(N)c(Cl)cc1Oc1cccnc1C. The van der Waals surface area contributed by atoms with Crippen LogP contribution in [0.2, 0.25) is 5.02 Å². The molecule has 17 heavy (non-hydrogen) atoms. The quantitative estimate of drug-likeness (QED) is 0.824. The lowest BCUT2D eigenvalue weighted by Crippen LogP contribution is -1.94. The molecule has 0 amide bonds. The largest absolute Gasteiger partial charge is 0.455 e. The third-order valence-electron chi connectivity index (χ3n) is 2.47. The highest BCUT2D eigenvalue weighted by Gasteiger charge is 2.07. The van der Waals surface area contributed by atoms with Crippen molar-refractivity contribution in [3.8, 4) is 11.5 Å². The summed E-state index contributed by atoms with van der Waals surface area (Å²) in [6.07, 6.45) is 1.73. The average Bonchev–Trinajstić information content (AvgIpc) is 2.29. The van der Waals surface area contributed by atoms with Gasteiger partial charge in [-0.05, 0) is 37.6 Å². The van der Waals surface area contributed by atoms with E-state index in [2.05, 4.69) is 4.98 Å². The Bertz CT molecular complexity index is 555. The molecule has 1 aromatic heterocycles. The number of hydrogen-bond donors (Lipinski definition) is 1. The van der Waals surface area contributed by atoms with Crippen molar-refractivity contribution in [3.05, 3.63) is 46.7 Å². The molecule has 0 aliphatic carbocycles. The monoisotopic (exact) mass is 248 g/mol. The summed E-state index contributed by atoms with van der Waals surface area (Å²) >= 11 is 5.97. The standard InChI is InChI=1S/C13H13ClN2O/c1-8-6-11(15)10(14)7-13(8)17-12-4-3-5-16-9(12)2/h3-7H,15H2,1-2H3. The van der Waals surface area contributed by atoms with E-state index in [-0.39, 0.29) is 0 Å². The van der Waals surface area contributed by atoms with E-state index < -0.39 is 0 Å². The highest BCUT2D eigenvalue weighted by molar-refractivity contribution is 6.33. The minimum absolute atomic E-state index is 0.493. The summed E-state index contributed by atoms with van der Waals surface area (Å²) in [5, 5.41) is 0.493. The van der Waals surface area contributed by atoms with Gasteiger partial charge in [0.2, 0.25) is 0 Å². The lowest BCUT2D eigenvalue weighted by molar-refractivity contribution is 0.472. The molecule has 0 atom stereocenters. The molecule has 0 aliphatic heterocycles. The van der Waals surface area contributed by atoms with E-state index in [1.54, 1.807) is 18.3 Å². The van der Waals surface area contributed by atoms with E-state index in [1.165, 1.54) is 0 Å². The number of rotatable bonds is 2. The third-order valence-corrected chi connectivity index (χ3v) is 2.80. The Morgan fingerprint density at radius 3 is 2.71 bits per heavy atom. The zero-order valence-corrected chi connectivity index (χ0v) is 10.5. The zero-order valence-electron chi connectivity index (χ0n) is 9.70. The van der Waals surface area contributed by atoms with Crippen LogP contribution < -0.4 is 10.5 Å². The normalized spacial score (nSPS) is 10.3. The van der Waals surface area contributed by atoms with Gasteiger partial charge in [-0.1, -0.05) is 11.6 Å². The Kier molecular flexibility index (Phi) is 3.20. The molecule has 88 valence electrons. The second-order valence-electron chi connectivity index (χ2n) is 3.83. The summed E-state index contributed by atoms with van der Waals surface area (Å²) in [5.41, 5.74) is 8.04. The van der Waals surface area contributed by atoms with E-state index in [4.69, 9.17) is 22.1 Å². The second-order valence-corrected chi connectivity index (χ2v) is 4.24. The molecule has 2 rings (SSSR count). The first-order valence-electron chi connectivity index (χ1n) is 5.23. The van der Waals surface area contributed by atoms with E-state index in [0.29, 0.717) is 16.5 Å². The minimum atomic E-state index is 0.493. The Morgan fingerprint density at radius 1 is 1.24 bits per heavy atom. The lowest BCUT2D eigenvalue weighted by atomic mass is 10.2. The maximum atomic E-state index is 5.97. The molecule has 0 spiro atoms. The van der Waals surface area contributed by atoms with Gasteiger partial charge in [-0.3, -0.25) is 4.98 Å². The number of aromatic nitrogens is 1. The molecular weight excluding hydrogens is 236 g/mol. The Hall–Kier alpha value is -1.74. The molecule has 0 saturated heterocycles. The summed E-state index contributed by atoms with van der Waals surface area (Å²) in [4.78, 5) is 4.16. The van der Waals surface area contributed by atoms with Crippen LogP contribution in [0.3, 0.4) is 0 Å². The van der Waals surface area contributed by atoms with Crippen molar-refractivity contribution >= 4 is 17.3 Å². The van der Waals surface area contributed by atoms with Gasteiger partial charge in [0.15, 0.2) is 0 Å². The third kappa shape index (κ3) is 2.50. The summed E-state index contributed by atoms with van der Waals surface area (Å²) in [6, 6.07) is 7.21. The van der Waals surface area contributed by atoms with Crippen LogP contribution in [0.15, 0.2) is 30.5 Å². The van der Waals surface area contributed by atoms with Crippen molar-refractivity contribution in [1.82, 2.24) is 4.98 Å². The van der Waals surface area contributed by atoms with Crippen LogP contribution in [0.1, 0.15) is 11.3 Å². The van der Waals surface area contributed by atoms with E-state index in [0.717, 1.165) is 17.0 Å². The average molecular weight is 249 g/mol. The zero-order chi connectivity index (χ0) is 12.4. The number of pyridine rings is 1. The van der Waals surface area contributed by atoms with Crippen LogP contribution in [0, 0.1) is 13.8 Å². The first-order chi connectivity index (χ1) is 8.08. The topological polar surface area (TPSA) is 48.1 Å². The van der Waals surface area contributed by atoms with Crippen LogP contribution in [0.5, 0.6) is 11.5 Å². The lowest BCUT2D eigenvalue weighted by Gasteiger charge is -2.11. The van der Waals surface area contributed by atoms with Gasteiger partial charge in [0.25, 0.3) is 0 Å². The number of hydrogen-bond acceptors (Lipinski definition) is 3. The van der Waals surface area contributed by atoms with E-state index in [1.807, 2.05) is 26.0 Å². The molecule has 2 aromatic rings.